The first kappa shape index (κ1) is 12.4. The number of hydrogen-bond donors (Lipinski definition) is 1. The van der Waals surface area contributed by atoms with E-state index in [0.29, 0.717) is 6.04 Å². The lowest BCUT2D eigenvalue weighted by atomic mass is 9.86. The molecule has 1 heterocycles. The molecule has 2 nitrogen and oxygen atoms in total. The summed E-state index contributed by atoms with van der Waals surface area (Å²) in [7, 11) is 0. The normalized spacial score (nSPS) is 21.6. The van der Waals surface area contributed by atoms with Crippen LogP contribution in [0.3, 0.4) is 0 Å². The molecule has 0 aliphatic carbocycles. The summed E-state index contributed by atoms with van der Waals surface area (Å²) in [6.45, 7) is 8.91. The molecular formula is C15H24N2. The molecule has 1 atom stereocenters. The van der Waals surface area contributed by atoms with Crippen molar-refractivity contribution in [2.75, 3.05) is 18.0 Å². The maximum atomic E-state index is 6.04. The fraction of sp³-hybridized carbons (Fsp3) is 0.600. The summed E-state index contributed by atoms with van der Waals surface area (Å²) < 4.78 is 0. The molecule has 1 aliphatic heterocycles. The molecule has 1 aromatic carbocycles. The fourth-order valence-corrected chi connectivity index (χ4v) is 2.41. The smallest absolute Gasteiger partial charge is 0.0369 e. The van der Waals surface area contributed by atoms with E-state index in [1.165, 1.54) is 17.7 Å². The van der Waals surface area contributed by atoms with Crippen LogP contribution in [0.15, 0.2) is 24.3 Å². The minimum absolute atomic E-state index is 0.216. The first-order chi connectivity index (χ1) is 7.97. The first-order valence-corrected chi connectivity index (χ1v) is 6.58. The predicted molar refractivity (Wildman–Crippen MR) is 74.6 cm³/mol. The number of piperidine rings is 1. The monoisotopic (exact) mass is 232 g/mol. The van der Waals surface area contributed by atoms with E-state index in [9.17, 15) is 0 Å². The van der Waals surface area contributed by atoms with Crippen molar-refractivity contribution in [2.24, 2.45) is 5.73 Å². The van der Waals surface area contributed by atoms with Crippen molar-refractivity contribution in [2.45, 2.75) is 45.1 Å². The summed E-state index contributed by atoms with van der Waals surface area (Å²) in [5, 5.41) is 0. The highest BCUT2D eigenvalue weighted by Crippen LogP contribution is 2.27. The van der Waals surface area contributed by atoms with Crippen molar-refractivity contribution in [3.05, 3.63) is 29.8 Å². The van der Waals surface area contributed by atoms with Gasteiger partial charge in [0.1, 0.15) is 0 Å². The van der Waals surface area contributed by atoms with Crippen molar-refractivity contribution >= 4 is 5.69 Å². The van der Waals surface area contributed by atoms with E-state index in [-0.39, 0.29) is 5.41 Å². The Morgan fingerprint density at radius 1 is 1.29 bits per heavy atom. The Labute approximate surface area is 105 Å². The molecule has 1 aliphatic rings. The van der Waals surface area contributed by atoms with Gasteiger partial charge in [0.05, 0.1) is 0 Å². The van der Waals surface area contributed by atoms with Gasteiger partial charge >= 0.3 is 0 Å². The lowest BCUT2D eigenvalue weighted by Gasteiger charge is -2.33. The third-order valence-corrected chi connectivity index (χ3v) is 3.54. The summed E-state index contributed by atoms with van der Waals surface area (Å²) in [5.74, 6) is 0. The van der Waals surface area contributed by atoms with Gasteiger partial charge in [-0.1, -0.05) is 32.9 Å². The highest BCUT2D eigenvalue weighted by Gasteiger charge is 2.19. The third-order valence-electron chi connectivity index (χ3n) is 3.54. The molecule has 94 valence electrons. The number of nitrogens with zero attached hydrogens (tertiary/aromatic N) is 1. The molecule has 0 amide bonds. The second kappa shape index (κ2) is 4.69. The second-order valence-electron chi connectivity index (χ2n) is 6.15. The average molecular weight is 232 g/mol. The summed E-state index contributed by atoms with van der Waals surface area (Å²) in [6.07, 6.45) is 2.37. The van der Waals surface area contributed by atoms with Crippen molar-refractivity contribution in [3.8, 4) is 0 Å². The molecule has 2 heteroatoms. The van der Waals surface area contributed by atoms with Gasteiger partial charge in [0.15, 0.2) is 0 Å². The van der Waals surface area contributed by atoms with E-state index in [1.807, 2.05) is 0 Å². The minimum atomic E-state index is 0.216. The summed E-state index contributed by atoms with van der Waals surface area (Å²) in [5.41, 5.74) is 8.98. The van der Waals surface area contributed by atoms with Crippen molar-refractivity contribution in [1.82, 2.24) is 0 Å². The maximum absolute atomic E-state index is 6.04. The molecule has 0 saturated carbocycles. The summed E-state index contributed by atoms with van der Waals surface area (Å²) in [4.78, 5) is 2.42. The number of rotatable bonds is 1. The van der Waals surface area contributed by atoms with E-state index in [0.717, 1.165) is 19.5 Å². The van der Waals surface area contributed by atoms with Gasteiger partial charge < -0.3 is 10.6 Å². The maximum Gasteiger partial charge on any atom is 0.0369 e. The van der Waals surface area contributed by atoms with E-state index < -0.39 is 0 Å². The van der Waals surface area contributed by atoms with Gasteiger partial charge in [-0.15, -0.1) is 0 Å². The lowest BCUT2D eigenvalue weighted by Crippen LogP contribution is -2.42. The quantitative estimate of drug-likeness (QED) is 0.806. The van der Waals surface area contributed by atoms with Crippen LogP contribution in [0.1, 0.15) is 39.2 Å². The Morgan fingerprint density at radius 3 is 2.71 bits per heavy atom. The number of nitrogens with two attached hydrogens (primary N) is 1. The van der Waals surface area contributed by atoms with Gasteiger partial charge in [-0.25, -0.2) is 0 Å². The molecular weight excluding hydrogens is 208 g/mol. The van der Waals surface area contributed by atoms with E-state index in [4.69, 9.17) is 5.73 Å². The van der Waals surface area contributed by atoms with Crippen molar-refractivity contribution in [1.29, 1.82) is 0 Å². The highest BCUT2D eigenvalue weighted by atomic mass is 15.1. The number of hydrogen-bond acceptors (Lipinski definition) is 2. The van der Waals surface area contributed by atoms with Gasteiger partial charge in [-0.3, -0.25) is 0 Å². The average Bonchev–Trinajstić information content (AvgIpc) is 2.28. The summed E-state index contributed by atoms with van der Waals surface area (Å²) in [6, 6.07) is 9.23. The Bertz CT molecular complexity index is 379. The van der Waals surface area contributed by atoms with Gasteiger partial charge in [-0.2, -0.15) is 0 Å². The Hall–Kier alpha value is -1.02. The van der Waals surface area contributed by atoms with E-state index in [1.54, 1.807) is 0 Å². The Morgan fingerprint density at radius 2 is 2.06 bits per heavy atom. The largest absolute Gasteiger partial charge is 0.370 e. The first-order valence-electron chi connectivity index (χ1n) is 6.58. The van der Waals surface area contributed by atoms with Crippen LogP contribution in [0.4, 0.5) is 5.69 Å². The highest BCUT2D eigenvalue weighted by molar-refractivity contribution is 5.50. The number of benzene rings is 1. The van der Waals surface area contributed by atoms with Gasteiger partial charge in [0.2, 0.25) is 0 Å². The van der Waals surface area contributed by atoms with Gasteiger partial charge in [0, 0.05) is 24.8 Å². The molecule has 0 bridgehead atoms. The SMILES string of the molecule is CC(C)(C)c1cccc(N2CCCC(N)C2)c1. The van der Waals surface area contributed by atoms with Crippen molar-refractivity contribution < 1.29 is 0 Å². The Balaban J connectivity index is 2.21. The zero-order valence-electron chi connectivity index (χ0n) is 11.2. The molecule has 2 rings (SSSR count). The number of anilines is 1. The fourth-order valence-electron chi connectivity index (χ4n) is 2.41. The van der Waals surface area contributed by atoms with Crippen LogP contribution < -0.4 is 10.6 Å². The zero-order chi connectivity index (χ0) is 12.5. The molecule has 0 spiro atoms. The summed E-state index contributed by atoms with van der Waals surface area (Å²) >= 11 is 0. The molecule has 1 aromatic rings. The standard InChI is InChI=1S/C15H24N2/c1-15(2,3)12-6-4-8-14(10-12)17-9-5-7-13(16)11-17/h4,6,8,10,13H,5,7,9,11,16H2,1-3H3. The molecule has 1 unspecified atom stereocenters. The minimum Gasteiger partial charge on any atom is -0.370 e. The predicted octanol–water partition coefficient (Wildman–Crippen LogP) is 2.91. The topological polar surface area (TPSA) is 29.3 Å². The lowest BCUT2D eigenvalue weighted by molar-refractivity contribution is 0.505. The van der Waals surface area contributed by atoms with Crippen LogP contribution in [0.25, 0.3) is 0 Å². The van der Waals surface area contributed by atoms with Crippen LogP contribution in [0, 0.1) is 0 Å². The van der Waals surface area contributed by atoms with Gasteiger partial charge in [-0.05, 0) is 36.0 Å². The molecule has 2 N–H and O–H groups in total. The zero-order valence-corrected chi connectivity index (χ0v) is 11.2. The molecule has 1 fully saturated rings. The van der Waals surface area contributed by atoms with Gasteiger partial charge in [0.25, 0.3) is 0 Å². The Kier molecular flexibility index (Phi) is 3.43. The molecule has 1 saturated heterocycles. The van der Waals surface area contributed by atoms with E-state index in [2.05, 4.69) is 49.9 Å². The second-order valence-corrected chi connectivity index (χ2v) is 6.15. The van der Waals surface area contributed by atoms with Crippen LogP contribution in [-0.4, -0.2) is 19.1 Å². The molecule has 0 radical (unpaired) electrons. The van der Waals surface area contributed by atoms with Crippen LogP contribution in [0.2, 0.25) is 0 Å². The van der Waals surface area contributed by atoms with Crippen LogP contribution >= 0.6 is 0 Å². The van der Waals surface area contributed by atoms with Crippen molar-refractivity contribution in [3.63, 3.8) is 0 Å². The molecule has 17 heavy (non-hydrogen) atoms. The van der Waals surface area contributed by atoms with Crippen LogP contribution in [-0.2, 0) is 5.41 Å². The van der Waals surface area contributed by atoms with Crippen LogP contribution in [0.5, 0.6) is 0 Å². The van der Waals surface area contributed by atoms with E-state index >= 15 is 0 Å². The molecule has 0 aromatic heterocycles. The third kappa shape index (κ3) is 3.01.